The summed E-state index contributed by atoms with van der Waals surface area (Å²) in [4.78, 5) is 6.61. The van der Waals surface area contributed by atoms with Gasteiger partial charge in [-0.3, -0.25) is 4.99 Å². The smallest absolute Gasteiger partial charge is 0.211 e. The molecule has 2 fully saturated rings. The number of nitrogens with one attached hydrogen (secondary N) is 2. The second-order valence-corrected chi connectivity index (χ2v) is 9.98. The Bertz CT molecular complexity index is 857. The van der Waals surface area contributed by atoms with Gasteiger partial charge in [-0.05, 0) is 44.2 Å². The molecule has 2 N–H and O–H groups in total. The molecule has 168 valence electrons. The van der Waals surface area contributed by atoms with Gasteiger partial charge in [0.05, 0.1) is 11.9 Å². The highest BCUT2D eigenvalue weighted by atomic mass is 32.2. The fourth-order valence-electron chi connectivity index (χ4n) is 3.99. The predicted molar refractivity (Wildman–Crippen MR) is 115 cm³/mol. The molecule has 0 spiro atoms. The van der Waals surface area contributed by atoms with E-state index in [4.69, 9.17) is 4.99 Å². The third-order valence-corrected chi connectivity index (χ3v) is 6.98. The molecule has 2 aliphatic heterocycles. The van der Waals surface area contributed by atoms with Gasteiger partial charge in [-0.2, -0.15) is 0 Å². The average Bonchev–Trinajstić information content (AvgIpc) is 3.14. The van der Waals surface area contributed by atoms with Crippen molar-refractivity contribution >= 4 is 21.7 Å². The molecule has 0 aromatic heterocycles. The van der Waals surface area contributed by atoms with Crippen LogP contribution in [0.4, 0.5) is 14.5 Å². The highest BCUT2D eigenvalue weighted by molar-refractivity contribution is 7.88. The first kappa shape index (κ1) is 22.7. The number of benzene rings is 1. The van der Waals surface area contributed by atoms with E-state index in [1.807, 2.05) is 11.8 Å². The number of aliphatic imine (C=N–C) groups is 1. The summed E-state index contributed by atoms with van der Waals surface area (Å²) < 4.78 is 52.0. The van der Waals surface area contributed by atoms with E-state index in [1.54, 1.807) is 0 Å². The van der Waals surface area contributed by atoms with E-state index in [9.17, 15) is 17.2 Å². The molecule has 0 bridgehead atoms. The molecule has 30 heavy (non-hydrogen) atoms. The van der Waals surface area contributed by atoms with Gasteiger partial charge in [-0.25, -0.2) is 21.5 Å². The van der Waals surface area contributed by atoms with Crippen LogP contribution in [-0.2, 0) is 10.0 Å². The minimum absolute atomic E-state index is 0.110. The second-order valence-electron chi connectivity index (χ2n) is 8.00. The van der Waals surface area contributed by atoms with E-state index in [0.29, 0.717) is 44.3 Å². The predicted octanol–water partition coefficient (Wildman–Crippen LogP) is 1.77. The molecule has 2 heterocycles. The molecule has 3 rings (SSSR count). The molecule has 7 nitrogen and oxygen atoms in total. The number of hydrogen-bond acceptors (Lipinski definition) is 4. The van der Waals surface area contributed by atoms with E-state index in [0.717, 1.165) is 37.8 Å². The maximum atomic E-state index is 14.1. The van der Waals surface area contributed by atoms with Crippen LogP contribution < -0.4 is 15.5 Å². The standard InChI is InChI=1S/C20H31F2N5O2S/c1-3-23-20(24-13-15-6-10-27(11-7-15)30(2,28)29)25-17-8-9-26(14-17)19-5-4-16(21)12-18(19)22/h4-5,12,15,17H,3,6-11,13-14H2,1-2H3,(H2,23,24,25). The van der Waals surface area contributed by atoms with Crippen LogP contribution in [-0.4, -0.2) is 70.2 Å². The van der Waals surface area contributed by atoms with Gasteiger partial charge >= 0.3 is 0 Å². The topological polar surface area (TPSA) is 77.0 Å². The maximum absolute atomic E-state index is 14.1. The van der Waals surface area contributed by atoms with Crippen molar-refractivity contribution in [1.29, 1.82) is 0 Å². The minimum atomic E-state index is -3.12. The van der Waals surface area contributed by atoms with Crippen molar-refractivity contribution in [2.24, 2.45) is 10.9 Å². The Balaban J connectivity index is 1.53. The summed E-state index contributed by atoms with van der Waals surface area (Å²) in [6, 6.07) is 3.78. The van der Waals surface area contributed by atoms with E-state index < -0.39 is 21.7 Å². The number of sulfonamides is 1. The third-order valence-electron chi connectivity index (χ3n) is 5.67. The first-order valence-corrected chi connectivity index (χ1v) is 12.3. The molecule has 1 aromatic carbocycles. The van der Waals surface area contributed by atoms with E-state index >= 15 is 0 Å². The van der Waals surface area contributed by atoms with Gasteiger partial charge in [0, 0.05) is 51.4 Å². The number of rotatable bonds is 6. The number of guanidine groups is 1. The number of halogens is 2. The SMILES string of the molecule is CCNC(=NCC1CCN(S(C)(=O)=O)CC1)NC1CCN(c2ccc(F)cc2F)C1. The molecule has 2 aliphatic rings. The molecule has 1 aromatic rings. The van der Waals surface area contributed by atoms with Crippen molar-refractivity contribution in [2.45, 2.75) is 32.2 Å². The lowest BCUT2D eigenvalue weighted by molar-refractivity contribution is 0.280. The van der Waals surface area contributed by atoms with Gasteiger partial charge < -0.3 is 15.5 Å². The Hall–Kier alpha value is -1.94. The normalized spacial score (nSPS) is 21.8. The molecule has 0 amide bonds. The van der Waals surface area contributed by atoms with Gasteiger partial charge in [0.25, 0.3) is 0 Å². The molecule has 1 unspecified atom stereocenters. The maximum Gasteiger partial charge on any atom is 0.211 e. The number of hydrogen-bond donors (Lipinski definition) is 2. The van der Waals surface area contributed by atoms with Crippen LogP contribution in [0.25, 0.3) is 0 Å². The fraction of sp³-hybridized carbons (Fsp3) is 0.650. The molecule has 0 aliphatic carbocycles. The van der Waals surface area contributed by atoms with Gasteiger partial charge in [0.15, 0.2) is 5.96 Å². The van der Waals surface area contributed by atoms with E-state index in [-0.39, 0.29) is 6.04 Å². The Kier molecular flexibility index (Phi) is 7.51. The molecule has 10 heteroatoms. The lowest BCUT2D eigenvalue weighted by Gasteiger charge is -2.29. The van der Waals surface area contributed by atoms with Crippen LogP contribution in [0.3, 0.4) is 0 Å². The van der Waals surface area contributed by atoms with Crippen molar-refractivity contribution in [1.82, 2.24) is 14.9 Å². The lowest BCUT2D eigenvalue weighted by atomic mass is 9.98. The zero-order valence-electron chi connectivity index (χ0n) is 17.6. The summed E-state index contributed by atoms with van der Waals surface area (Å²) in [5, 5.41) is 6.66. The first-order valence-electron chi connectivity index (χ1n) is 10.5. The first-order chi connectivity index (χ1) is 14.3. The second kappa shape index (κ2) is 9.91. The molecule has 0 radical (unpaired) electrons. The summed E-state index contributed by atoms with van der Waals surface area (Å²) >= 11 is 0. The quantitative estimate of drug-likeness (QED) is 0.518. The van der Waals surface area contributed by atoms with Crippen molar-refractivity contribution in [3.05, 3.63) is 29.8 Å². The molecule has 2 saturated heterocycles. The molecular weight excluding hydrogens is 412 g/mol. The summed E-state index contributed by atoms with van der Waals surface area (Å²) in [5.41, 5.74) is 0.417. The number of anilines is 1. The summed E-state index contributed by atoms with van der Waals surface area (Å²) in [6.45, 7) is 5.74. The highest BCUT2D eigenvalue weighted by Gasteiger charge is 2.27. The zero-order valence-corrected chi connectivity index (χ0v) is 18.4. The van der Waals surface area contributed by atoms with Crippen molar-refractivity contribution < 1.29 is 17.2 Å². The summed E-state index contributed by atoms with van der Waals surface area (Å²) in [5.74, 6) is -0.0490. The zero-order chi connectivity index (χ0) is 21.7. The summed E-state index contributed by atoms with van der Waals surface area (Å²) in [6.07, 6.45) is 3.68. The monoisotopic (exact) mass is 443 g/mol. The van der Waals surface area contributed by atoms with Crippen LogP contribution >= 0.6 is 0 Å². The van der Waals surface area contributed by atoms with Crippen molar-refractivity contribution in [3.63, 3.8) is 0 Å². The Morgan fingerprint density at radius 3 is 2.57 bits per heavy atom. The van der Waals surface area contributed by atoms with Gasteiger partial charge in [0.1, 0.15) is 11.6 Å². The number of nitrogens with zero attached hydrogens (tertiary/aromatic N) is 3. The van der Waals surface area contributed by atoms with Crippen LogP contribution in [0.2, 0.25) is 0 Å². The van der Waals surface area contributed by atoms with Crippen LogP contribution in [0.15, 0.2) is 23.2 Å². The van der Waals surface area contributed by atoms with Crippen LogP contribution in [0, 0.1) is 17.6 Å². The Morgan fingerprint density at radius 2 is 1.93 bits per heavy atom. The van der Waals surface area contributed by atoms with E-state index in [2.05, 4.69) is 10.6 Å². The summed E-state index contributed by atoms with van der Waals surface area (Å²) in [7, 11) is -3.12. The minimum Gasteiger partial charge on any atom is -0.367 e. The fourth-order valence-corrected chi connectivity index (χ4v) is 4.87. The Morgan fingerprint density at radius 1 is 1.20 bits per heavy atom. The molecule has 0 saturated carbocycles. The third kappa shape index (κ3) is 6.04. The van der Waals surface area contributed by atoms with Gasteiger partial charge in [0.2, 0.25) is 10.0 Å². The molecule has 1 atom stereocenters. The lowest BCUT2D eigenvalue weighted by Crippen LogP contribution is -2.45. The van der Waals surface area contributed by atoms with Crippen LogP contribution in [0.5, 0.6) is 0 Å². The van der Waals surface area contributed by atoms with E-state index in [1.165, 1.54) is 22.7 Å². The Labute approximate surface area is 177 Å². The van der Waals surface area contributed by atoms with Gasteiger partial charge in [-0.15, -0.1) is 0 Å². The van der Waals surface area contributed by atoms with Crippen molar-refractivity contribution in [3.8, 4) is 0 Å². The van der Waals surface area contributed by atoms with Gasteiger partial charge in [-0.1, -0.05) is 0 Å². The number of piperidine rings is 1. The van der Waals surface area contributed by atoms with Crippen LogP contribution in [0.1, 0.15) is 26.2 Å². The largest absolute Gasteiger partial charge is 0.367 e. The van der Waals surface area contributed by atoms with Crippen molar-refractivity contribution in [2.75, 3.05) is 50.4 Å². The molecular formula is C20H31F2N5O2S. The highest BCUT2D eigenvalue weighted by Crippen LogP contribution is 2.24. The average molecular weight is 444 g/mol.